The number of hydrogen-bond acceptors (Lipinski definition) is 8. The van der Waals surface area contributed by atoms with E-state index in [0.29, 0.717) is 6.29 Å². The lowest BCUT2D eigenvalue weighted by molar-refractivity contribution is -0.137. The molecule has 1 heterocycles. The summed E-state index contributed by atoms with van der Waals surface area (Å²) in [6, 6.07) is 12.4. The molecule has 45 heavy (non-hydrogen) atoms. The molecule has 2 amide bonds. The molecule has 0 fully saturated rings. The minimum atomic E-state index is -1.35. The van der Waals surface area contributed by atoms with Crippen LogP contribution in [0.2, 0.25) is 0 Å². The van der Waals surface area contributed by atoms with Gasteiger partial charge in [-0.25, -0.2) is 18.4 Å². The maximum absolute atomic E-state index is 14.1. The average Bonchev–Trinajstić information content (AvgIpc) is 3.03. The monoisotopic (exact) mass is 624 g/mol. The van der Waals surface area contributed by atoms with Crippen LogP contribution in [0.4, 0.5) is 19.3 Å². The summed E-state index contributed by atoms with van der Waals surface area (Å²) in [4.78, 5) is 63.2. The first-order chi connectivity index (χ1) is 21.6. The zero-order valence-electron chi connectivity index (χ0n) is 24.5. The number of nitrogens with zero attached hydrogens (tertiary/aromatic N) is 1. The molecule has 0 aliphatic heterocycles. The highest BCUT2D eigenvalue weighted by Gasteiger charge is 2.26. The quantitative estimate of drug-likeness (QED) is 0.132. The van der Waals surface area contributed by atoms with Gasteiger partial charge < -0.3 is 29.9 Å². The molecule has 2 aromatic carbocycles. The van der Waals surface area contributed by atoms with Gasteiger partial charge in [0.2, 0.25) is 5.91 Å². The predicted octanol–water partition coefficient (Wildman–Crippen LogP) is 3.43. The summed E-state index contributed by atoms with van der Waals surface area (Å²) in [6.45, 7) is 1.65. The summed E-state index contributed by atoms with van der Waals surface area (Å²) >= 11 is 0. The molecular weight excluding hydrogens is 590 g/mol. The number of aldehydes is 1. The number of aromatic nitrogens is 1. The van der Waals surface area contributed by atoms with E-state index >= 15 is 0 Å². The summed E-state index contributed by atoms with van der Waals surface area (Å²) in [5.74, 6) is -4.36. The highest BCUT2D eigenvalue weighted by Crippen LogP contribution is 2.18. The third-order valence-corrected chi connectivity index (χ3v) is 6.61. The first-order valence-corrected chi connectivity index (χ1v) is 14.1. The third kappa shape index (κ3) is 10.5. The van der Waals surface area contributed by atoms with Crippen molar-refractivity contribution in [3.63, 3.8) is 0 Å². The Morgan fingerprint density at radius 1 is 1.00 bits per heavy atom. The lowest BCUT2D eigenvalue weighted by Gasteiger charge is -2.24. The summed E-state index contributed by atoms with van der Waals surface area (Å²) in [6.07, 6.45) is 3.17. The molecule has 1 unspecified atom stereocenters. The Balaban J connectivity index is 1.92. The Labute approximate surface area is 258 Å². The molecule has 4 N–H and O–H groups in total. The van der Waals surface area contributed by atoms with Crippen LogP contribution in [-0.2, 0) is 36.9 Å². The van der Waals surface area contributed by atoms with Gasteiger partial charge in [0.05, 0.1) is 6.61 Å². The largest absolute Gasteiger partial charge is 0.463 e. The second-order valence-electron chi connectivity index (χ2n) is 9.88. The Kier molecular flexibility index (Phi) is 13.1. The van der Waals surface area contributed by atoms with Gasteiger partial charge in [0.25, 0.3) is 5.56 Å². The Hall–Kier alpha value is -5.17. The van der Waals surface area contributed by atoms with Gasteiger partial charge in [-0.05, 0) is 48.7 Å². The van der Waals surface area contributed by atoms with Crippen LogP contribution < -0.4 is 21.9 Å². The Morgan fingerprint density at radius 3 is 2.42 bits per heavy atom. The molecule has 3 atom stereocenters. The van der Waals surface area contributed by atoms with Crippen LogP contribution in [-0.4, -0.2) is 48.0 Å². The zero-order chi connectivity index (χ0) is 32.8. The average molecular weight is 625 g/mol. The van der Waals surface area contributed by atoms with Crippen LogP contribution in [0.5, 0.6) is 0 Å². The molecule has 11 nitrogen and oxygen atoms in total. The molecule has 13 heteroatoms. The fourth-order valence-corrected chi connectivity index (χ4v) is 4.31. The van der Waals surface area contributed by atoms with E-state index in [2.05, 4.69) is 10.6 Å². The smallest absolute Gasteiger partial charge is 0.412 e. The molecule has 238 valence electrons. The maximum Gasteiger partial charge on any atom is 0.412 e. The van der Waals surface area contributed by atoms with Gasteiger partial charge in [0.15, 0.2) is 11.6 Å². The molecule has 0 spiro atoms. The van der Waals surface area contributed by atoms with Gasteiger partial charge in [0.1, 0.15) is 24.6 Å². The number of anilines is 1. The first kappa shape index (κ1) is 34.3. The van der Waals surface area contributed by atoms with Gasteiger partial charge in [-0.1, -0.05) is 42.5 Å². The zero-order valence-corrected chi connectivity index (χ0v) is 24.5. The number of carbonyl (C=O) groups excluding carboxylic acids is 4. The SMILES string of the molecule is CCOC(=O)/C=C/[C@H](CC(C=O)CN)NC(=O)[C@H](Cc1ccc(F)c(F)c1)n1cccc(NC(=O)OCc2ccccc2)c1=O. The van der Waals surface area contributed by atoms with Crippen LogP contribution in [0.25, 0.3) is 0 Å². The van der Waals surface area contributed by atoms with Gasteiger partial charge in [-0.3, -0.25) is 14.9 Å². The van der Waals surface area contributed by atoms with Crippen LogP contribution in [0, 0.1) is 17.6 Å². The topological polar surface area (TPSA) is 159 Å². The Bertz CT molecular complexity index is 1560. The fourth-order valence-electron chi connectivity index (χ4n) is 4.31. The molecule has 0 aliphatic rings. The maximum atomic E-state index is 14.1. The third-order valence-electron chi connectivity index (χ3n) is 6.61. The molecule has 0 aliphatic carbocycles. The summed E-state index contributed by atoms with van der Waals surface area (Å²) in [5, 5.41) is 5.07. The number of esters is 1. The molecular formula is C32H34F2N4O7. The van der Waals surface area contributed by atoms with Crippen LogP contribution in [0.3, 0.4) is 0 Å². The highest BCUT2D eigenvalue weighted by atomic mass is 19.2. The van der Waals surface area contributed by atoms with Crippen molar-refractivity contribution in [1.29, 1.82) is 0 Å². The number of nitrogens with one attached hydrogen (secondary N) is 2. The summed E-state index contributed by atoms with van der Waals surface area (Å²) < 4.78 is 38.8. The standard InChI is InChI=1S/C32H34F2N4O7/c1-2-44-29(40)13-11-24(15-23(18-35)19-39)36-30(41)28(17-22-10-12-25(33)26(34)16-22)38-14-6-9-27(31(38)42)37-32(43)45-20-21-7-4-3-5-8-21/h3-14,16,19,23-24,28H,2,15,17-18,20,35H2,1H3,(H,36,41)(H,37,43)/b13-11+/t23?,24-,28+/m1/s1. The van der Waals surface area contributed by atoms with Crippen LogP contribution >= 0.6 is 0 Å². The lowest BCUT2D eigenvalue weighted by Crippen LogP contribution is -2.44. The second kappa shape index (κ2) is 17.2. The molecule has 3 aromatic rings. The van der Waals surface area contributed by atoms with Crippen molar-refractivity contribution in [3.8, 4) is 0 Å². The normalized spacial score (nSPS) is 13.0. The van der Waals surface area contributed by atoms with E-state index in [9.17, 15) is 32.8 Å². The van der Waals surface area contributed by atoms with Crippen molar-refractivity contribution in [2.45, 2.75) is 38.5 Å². The van der Waals surface area contributed by atoms with E-state index in [1.165, 1.54) is 30.5 Å². The minimum Gasteiger partial charge on any atom is -0.463 e. The van der Waals surface area contributed by atoms with Crippen molar-refractivity contribution in [2.75, 3.05) is 18.5 Å². The molecule has 0 radical (unpaired) electrons. The van der Waals surface area contributed by atoms with Crippen molar-refractivity contribution in [2.24, 2.45) is 11.7 Å². The number of carbonyl (C=O) groups is 4. The fraction of sp³-hybridized carbons (Fsp3) is 0.281. The molecule has 3 rings (SSSR count). The predicted molar refractivity (Wildman–Crippen MR) is 161 cm³/mol. The minimum absolute atomic E-state index is 0.0172. The number of amides is 2. The molecule has 1 aromatic heterocycles. The van der Waals surface area contributed by atoms with E-state index in [-0.39, 0.29) is 43.9 Å². The first-order valence-electron chi connectivity index (χ1n) is 14.1. The van der Waals surface area contributed by atoms with E-state index in [1.54, 1.807) is 37.3 Å². The van der Waals surface area contributed by atoms with Crippen molar-refractivity contribution in [3.05, 3.63) is 112 Å². The van der Waals surface area contributed by atoms with Crippen LogP contribution in [0.15, 0.2) is 83.8 Å². The lowest BCUT2D eigenvalue weighted by atomic mass is 9.99. The number of hydrogen-bond donors (Lipinski definition) is 3. The van der Waals surface area contributed by atoms with Gasteiger partial charge in [-0.2, -0.15) is 0 Å². The highest BCUT2D eigenvalue weighted by molar-refractivity contribution is 5.85. The van der Waals surface area contributed by atoms with Gasteiger partial charge >= 0.3 is 12.1 Å². The number of nitrogens with two attached hydrogens (primary N) is 1. The number of benzene rings is 2. The number of halogens is 2. The second-order valence-corrected chi connectivity index (χ2v) is 9.88. The van der Waals surface area contributed by atoms with E-state index in [0.717, 1.165) is 28.3 Å². The number of rotatable bonds is 15. The molecule has 0 saturated heterocycles. The van der Waals surface area contributed by atoms with E-state index < -0.39 is 53.2 Å². The Morgan fingerprint density at radius 2 is 1.76 bits per heavy atom. The van der Waals surface area contributed by atoms with Crippen LogP contribution in [0.1, 0.15) is 30.5 Å². The van der Waals surface area contributed by atoms with Crippen molar-refractivity contribution in [1.82, 2.24) is 9.88 Å². The van der Waals surface area contributed by atoms with E-state index in [4.69, 9.17) is 15.2 Å². The molecule has 0 bridgehead atoms. The summed E-state index contributed by atoms with van der Waals surface area (Å²) in [5.41, 5.74) is 5.57. The number of pyridine rings is 1. The van der Waals surface area contributed by atoms with Gasteiger partial charge in [-0.15, -0.1) is 0 Å². The van der Waals surface area contributed by atoms with E-state index in [1.807, 2.05) is 0 Å². The van der Waals surface area contributed by atoms with Crippen molar-refractivity contribution < 1.29 is 37.4 Å². The molecule has 0 saturated carbocycles. The van der Waals surface area contributed by atoms with Gasteiger partial charge in [0, 0.05) is 37.2 Å². The van der Waals surface area contributed by atoms with Crippen molar-refractivity contribution >= 4 is 29.9 Å². The number of ether oxygens (including phenoxy) is 2. The summed E-state index contributed by atoms with van der Waals surface area (Å²) in [7, 11) is 0.